The summed E-state index contributed by atoms with van der Waals surface area (Å²) in [4.78, 5) is 0. The number of aromatic nitrogens is 3. The summed E-state index contributed by atoms with van der Waals surface area (Å²) in [5.41, 5.74) is 7.81. The molecular formula is C12H18N4. The molecule has 0 saturated heterocycles. The number of fused-ring (bicyclic) bond motifs is 1. The van der Waals surface area contributed by atoms with E-state index < -0.39 is 0 Å². The largest absolute Gasteiger partial charge is 0.330 e. The number of nitrogens with two attached hydrogens (primary N) is 1. The van der Waals surface area contributed by atoms with Gasteiger partial charge in [0.25, 0.3) is 0 Å². The molecule has 2 N–H and O–H groups in total. The topological polar surface area (TPSA) is 56.2 Å². The van der Waals surface area contributed by atoms with Gasteiger partial charge < -0.3 is 5.73 Å². The van der Waals surface area contributed by atoms with E-state index in [0.717, 1.165) is 11.5 Å². The molecule has 4 nitrogen and oxygen atoms in total. The number of hydrogen-bond donors (Lipinski definition) is 1. The maximum atomic E-state index is 5.68. The van der Waals surface area contributed by atoms with Crippen LogP contribution in [-0.4, -0.2) is 21.1 Å². The van der Waals surface area contributed by atoms with Gasteiger partial charge in [-0.15, -0.1) is 10.2 Å². The Hall–Kier alpha value is -1.42. The highest BCUT2D eigenvalue weighted by molar-refractivity contribution is 5.40. The van der Waals surface area contributed by atoms with Crippen molar-refractivity contribution in [3.63, 3.8) is 0 Å². The molecule has 0 aliphatic rings. The molecule has 0 amide bonds. The molecule has 4 heteroatoms. The fraction of sp³-hybridized carbons (Fsp3) is 0.500. The lowest BCUT2D eigenvalue weighted by Gasteiger charge is -2.10. The first-order valence-electron chi connectivity index (χ1n) is 5.68. The normalized spacial score (nSPS) is 13.6. The van der Waals surface area contributed by atoms with Crippen molar-refractivity contribution in [3.05, 3.63) is 29.7 Å². The van der Waals surface area contributed by atoms with Gasteiger partial charge in [-0.1, -0.05) is 26.8 Å². The van der Waals surface area contributed by atoms with Gasteiger partial charge in [0.15, 0.2) is 5.65 Å². The minimum Gasteiger partial charge on any atom is -0.330 e. The smallest absolute Gasteiger partial charge is 0.160 e. The zero-order chi connectivity index (χ0) is 11.7. The number of pyridine rings is 1. The quantitative estimate of drug-likeness (QED) is 0.856. The Balaban J connectivity index is 2.54. The zero-order valence-corrected chi connectivity index (χ0v) is 10.0. The van der Waals surface area contributed by atoms with Gasteiger partial charge in [0.2, 0.25) is 0 Å². The third-order valence-corrected chi connectivity index (χ3v) is 2.89. The Morgan fingerprint density at radius 2 is 2.00 bits per heavy atom. The van der Waals surface area contributed by atoms with Gasteiger partial charge in [-0.2, -0.15) is 0 Å². The van der Waals surface area contributed by atoms with Crippen molar-refractivity contribution in [2.45, 2.75) is 32.6 Å². The van der Waals surface area contributed by atoms with E-state index in [1.807, 2.05) is 6.07 Å². The lowest BCUT2D eigenvalue weighted by molar-refractivity contribution is 0.740. The molecule has 0 spiro atoms. The molecule has 0 saturated carbocycles. The Morgan fingerprint density at radius 3 is 2.62 bits per heavy atom. The van der Waals surface area contributed by atoms with Crippen molar-refractivity contribution >= 4 is 5.65 Å². The predicted molar refractivity (Wildman–Crippen MR) is 64.5 cm³/mol. The van der Waals surface area contributed by atoms with Crippen molar-refractivity contribution in [2.75, 3.05) is 6.54 Å². The molecule has 0 aliphatic heterocycles. The molecule has 2 aromatic heterocycles. The predicted octanol–water partition coefficient (Wildman–Crippen LogP) is 1.91. The van der Waals surface area contributed by atoms with Gasteiger partial charge in [-0.3, -0.25) is 4.40 Å². The summed E-state index contributed by atoms with van der Waals surface area (Å²) in [6.45, 7) is 7.02. The fourth-order valence-corrected chi connectivity index (χ4v) is 1.75. The van der Waals surface area contributed by atoms with Crippen LogP contribution in [0.25, 0.3) is 5.65 Å². The lowest BCUT2D eigenvalue weighted by atomic mass is 10.0. The average Bonchev–Trinajstić information content (AvgIpc) is 2.70. The summed E-state index contributed by atoms with van der Waals surface area (Å²) < 4.78 is 2.06. The summed E-state index contributed by atoms with van der Waals surface area (Å²) in [5.74, 6) is 1.74. The first-order valence-corrected chi connectivity index (χ1v) is 5.68. The van der Waals surface area contributed by atoms with Gasteiger partial charge in [0.05, 0.1) is 0 Å². The van der Waals surface area contributed by atoms with E-state index in [9.17, 15) is 0 Å². The molecule has 86 valence electrons. The van der Waals surface area contributed by atoms with Crippen LogP contribution in [0.4, 0.5) is 0 Å². The Kier molecular flexibility index (Phi) is 2.92. The summed E-state index contributed by atoms with van der Waals surface area (Å²) in [6, 6.07) is 4.08. The van der Waals surface area contributed by atoms with Crippen molar-refractivity contribution in [1.29, 1.82) is 0 Å². The number of hydrogen-bond acceptors (Lipinski definition) is 3. The zero-order valence-electron chi connectivity index (χ0n) is 10.0. The SMILES string of the molecule is CC(C)c1nnc2ccc(C(C)CN)cn12. The van der Waals surface area contributed by atoms with Crippen LogP contribution in [0, 0.1) is 0 Å². The second-order valence-corrected chi connectivity index (χ2v) is 4.54. The van der Waals surface area contributed by atoms with Gasteiger partial charge >= 0.3 is 0 Å². The fourth-order valence-electron chi connectivity index (χ4n) is 1.75. The van der Waals surface area contributed by atoms with Crippen LogP contribution in [0.1, 0.15) is 44.0 Å². The minimum atomic E-state index is 0.367. The van der Waals surface area contributed by atoms with E-state index in [1.54, 1.807) is 0 Å². The maximum Gasteiger partial charge on any atom is 0.160 e. The van der Waals surface area contributed by atoms with E-state index >= 15 is 0 Å². The molecule has 2 aromatic rings. The van der Waals surface area contributed by atoms with Crippen molar-refractivity contribution in [3.8, 4) is 0 Å². The average molecular weight is 218 g/mol. The number of nitrogens with zero attached hydrogens (tertiary/aromatic N) is 3. The van der Waals surface area contributed by atoms with Crippen LogP contribution in [0.3, 0.4) is 0 Å². The summed E-state index contributed by atoms with van der Waals surface area (Å²) in [7, 11) is 0. The molecule has 2 rings (SSSR count). The molecule has 0 aromatic carbocycles. The van der Waals surface area contributed by atoms with E-state index in [2.05, 4.69) is 47.6 Å². The Labute approximate surface area is 95.5 Å². The van der Waals surface area contributed by atoms with Crippen LogP contribution in [0.15, 0.2) is 18.3 Å². The van der Waals surface area contributed by atoms with Crippen LogP contribution in [0.5, 0.6) is 0 Å². The van der Waals surface area contributed by atoms with E-state index in [-0.39, 0.29) is 0 Å². The molecular weight excluding hydrogens is 200 g/mol. The Morgan fingerprint density at radius 1 is 1.25 bits per heavy atom. The second-order valence-electron chi connectivity index (χ2n) is 4.54. The molecule has 0 bridgehead atoms. The van der Waals surface area contributed by atoms with E-state index in [4.69, 9.17) is 5.73 Å². The first-order chi connectivity index (χ1) is 7.63. The molecule has 1 unspecified atom stereocenters. The molecule has 2 heterocycles. The standard InChI is InChI=1S/C12H18N4/c1-8(2)12-15-14-11-5-4-10(7-16(11)12)9(3)6-13/h4-5,7-9H,6,13H2,1-3H3. The number of rotatable bonds is 3. The maximum absolute atomic E-state index is 5.68. The molecule has 0 fully saturated rings. The van der Waals surface area contributed by atoms with Crippen molar-refractivity contribution in [1.82, 2.24) is 14.6 Å². The molecule has 1 atom stereocenters. The third-order valence-electron chi connectivity index (χ3n) is 2.89. The monoisotopic (exact) mass is 218 g/mol. The van der Waals surface area contributed by atoms with Crippen LogP contribution >= 0.6 is 0 Å². The summed E-state index contributed by atoms with van der Waals surface area (Å²) in [6.07, 6.45) is 2.10. The first kappa shape index (κ1) is 11.1. The molecule has 0 aliphatic carbocycles. The molecule has 16 heavy (non-hydrogen) atoms. The second kappa shape index (κ2) is 4.22. The summed E-state index contributed by atoms with van der Waals surface area (Å²) in [5, 5.41) is 8.35. The highest BCUT2D eigenvalue weighted by atomic mass is 15.2. The van der Waals surface area contributed by atoms with Crippen LogP contribution < -0.4 is 5.73 Å². The van der Waals surface area contributed by atoms with Crippen LogP contribution in [-0.2, 0) is 0 Å². The van der Waals surface area contributed by atoms with Crippen molar-refractivity contribution < 1.29 is 0 Å². The minimum absolute atomic E-state index is 0.367. The lowest BCUT2D eigenvalue weighted by Crippen LogP contribution is -2.10. The van der Waals surface area contributed by atoms with Gasteiger partial charge in [0.1, 0.15) is 5.82 Å². The van der Waals surface area contributed by atoms with Gasteiger partial charge in [-0.25, -0.2) is 0 Å². The highest BCUT2D eigenvalue weighted by Crippen LogP contribution is 2.18. The van der Waals surface area contributed by atoms with Gasteiger partial charge in [0, 0.05) is 12.1 Å². The van der Waals surface area contributed by atoms with E-state index in [0.29, 0.717) is 18.4 Å². The van der Waals surface area contributed by atoms with Crippen molar-refractivity contribution in [2.24, 2.45) is 5.73 Å². The third kappa shape index (κ3) is 1.80. The molecule has 0 radical (unpaired) electrons. The van der Waals surface area contributed by atoms with Crippen LogP contribution in [0.2, 0.25) is 0 Å². The highest BCUT2D eigenvalue weighted by Gasteiger charge is 2.11. The van der Waals surface area contributed by atoms with E-state index in [1.165, 1.54) is 5.56 Å². The summed E-state index contributed by atoms with van der Waals surface area (Å²) >= 11 is 0. The Bertz CT molecular complexity index is 487. The van der Waals surface area contributed by atoms with Gasteiger partial charge in [-0.05, 0) is 24.1 Å².